The highest BCUT2D eigenvalue weighted by Gasteiger charge is 2.34. The highest BCUT2D eigenvalue weighted by molar-refractivity contribution is 7.89. The normalized spacial score (nSPS) is 23.1. The molecule has 1 saturated carbocycles. The predicted octanol–water partition coefficient (Wildman–Crippen LogP) is 4.93. The summed E-state index contributed by atoms with van der Waals surface area (Å²) in [5.74, 6) is -0.148. The number of ether oxygens (including phenoxy) is 2. The van der Waals surface area contributed by atoms with Gasteiger partial charge in [-0.25, -0.2) is 8.42 Å². The molecule has 262 valence electrons. The summed E-state index contributed by atoms with van der Waals surface area (Å²) in [6.45, 7) is 9.12. The van der Waals surface area contributed by atoms with Crippen molar-refractivity contribution in [2.45, 2.75) is 109 Å². The monoisotopic (exact) mass is 676 g/mol. The van der Waals surface area contributed by atoms with Crippen molar-refractivity contribution in [2.24, 2.45) is 11.8 Å². The van der Waals surface area contributed by atoms with Crippen LogP contribution in [0.3, 0.4) is 0 Å². The first-order valence-corrected chi connectivity index (χ1v) is 18.3. The third-order valence-corrected chi connectivity index (χ3v) is 11.4. The van der Waals surface area contributed by atoms with E-state index in [1.54, 1.807) is 43.9 Å². The van der Waals surface area contributed by atoms with Gasteiger partial charge in [0, 0.05) is 44.3 Å². The van der Waals surface area contributed by atoms with Gasteiger partial charge in [-0.1, -0.05) is 31.3 Å². The molecule has 4 atom stereocenters. The minimum atomic E-state index is -3.93. The number of sulfonamides is 1. The number of nitrogens with zero attached hydrogens (tertiary/aromatic N) is 3. The highest BCUT2D eigenvalue weighted by atomic mass is 32.2. The zero-order valence-corrected chi connectivity index (χ0v) is 29.5. The Hall–Kier alpha value is -3.00. The zero-order valence-electron chi connectivity index (χ0n) is 28.7. The lowest BCUT2D eigenvalue weighted by molar-refractivity contribution is -0.120. The molecule has 12 nitrogen and oxygen atoms in total. The van der Waals surface area contributed by atoms with Gasteiger partial charge in [0.1, 0.15) is 16.3 Å². The van der Waals surface area contributed by atoms with Crippen molar-refractivity contribution < 1.29 is 37.1 Å². The number of anilines is 1. The fourth-order valence-corrected chi connectivity index (χ4v) is 7.89. The maximum atomic E-state index is 14.4. The molecule has 0 spiro atoms. The Morgan fingerprint density at radius 1 is 1.13 bits per heavy atom. The van der Waals surface area contributed by atoms with Crippen LogP contribution >= 0.6 is 0 Å². The lowest BCUT2D eigenvalue weighted by Gasteiger charge is -2.35. The largest absolute Gasteiger partial charge is 0.490 e. The van der Waals surface area contributed by atoms with Crippen LogP contribution < -0.4 is 10.1 Å². The van der Waals surface area contributed by atoms with Gasteiger partial charge in [0.2, 0.25) is 15.9 Å². The molecule has 0 saturated heterocycles. The molecule has 1 aliphatic carbocycles. The number of aliphatic hydroxyl groups excluding tert-OH is 1. The molecule has 1 aliphatic heterocycles. The minimum absolute atomic E-state index is 0.0382. The summed E-state index contributed by atoms with van der Waals surface area (Å²) in [4.78, 5) is 29.1. The van der Waals surface area contributed by atoms with Crippen LogP contribution in [0.25, 0.3) is 0 Å². The van der Waals surface area contributed by atoms with E-state index in [1.165, 1.54) is 11.4 Å². The number of amides is 2. The molecule has 0 bridgehead atoms. The van der Waals surface area contributed by atoms with E-state index in [4.69, 9.17) is 14.0 Å². The summed E-state index contributed by atoms with van der Waals surface area (Å²) < 4.78 is 46.1. The zero-order chi connectivity index (χ0) is 34.3. The van der Waals surface area contributed by atoms with E-state index in [1.807, 2.05) is 13.8 Å². The first-order chi connectivity index (χ1) is 22.3. The fraction of sp³-hybridized carbons (Fsp3) is 0.676. The predicted molar refractivity (Wildman–Crippen MR) is 178 cm³/mol. The van der Waals surface area contributed by atoms with Crippen LogP contribution in [-0.2, 0) is 19.6 Å². The van der Waals surface area contributed by atoms with Crippen LogP contribution in [0, 0.1) is 25.7 Å². The standard InChI is InChI=1S/C34H52N4O8S/c1-22-19-38(23(2)21-39)34(41)29-18-28(35-33(40)27-13-8-7-9-14-27)15-16-30(29)45-24(3)12-10-11-17-44-31(22)20-37(6)47(42,43)32-25(4)36-46-26(32)5/h15-16,18,22-24,27,31,39H,7-14,17,19-21H2,1-6H3,(H,35,40)/t22-,23-,24+,31-/m0/s1. The SMILES string of the molecule is Cc1noc(C)c1S(=O)(=O)N(C)C[C@@H]1OCCCC[C@@H](C)Oc2ccc(NC(=O)C3CCCCC3)cc2C(=O)N([C@@H](C)CO)C[C@@H]1C. The number of likely N-dealkylation sites (N-methyl/N-ethyl adjacent to an activating group) is 1. The first kappa shape index (κ1) is 36.8. The van der Waals surface area contributed by atoms with Crippen molar-refractivity contribution in [1.82, 2.24) is 14.4 Å². The molecule has 47 heavy (non-hydrogen) atoms. The van der Waals surface area contributed by atoms with Crippen LogP contribution in [-0.4, -0.2) is 91.3 Å². The molecular weight excluding hydrogens is 624 g/mol. The maximum absolute atomic E-state index is 14.4. The second-order valence-electron chi connectivity index (χ2n) is 13.3. The van der Waals surface area contributed by atoms with Crippen LogP contribution in [0.4, 0.5) is 5.69 Å². The number of aliphatic hydroxyl groups is 1. The van der Waals surface area contributed by atoms with Crippen molar-refractivity contribution >= 4 is 27.5 Å². The summed E-state index contributed by atoms with van der Waals surface area (Å²) in [5.41, 5.74) is 1.09. The summed E-state index contributed by atoms with van der Waals surface area (Å²) >= 11 is 0. The second kappa shape index (κ2) is 16.4. The Balaban J connectivity index is 1.64. The minimum Gasteiger partial charge on any atom is -0.490 e. The van der Waals surface area contributed by atoms with Gasteiger partial charge in [0.15, 0.2) is 5.76 Å². The number of hydrogen-bond donors (Lipinski definition) is 2. The van der Waals surface area contributed by atoms with Gasteiger partial charge in [0.25, 0.3) is 5.91 Å². The van der Waals surface area contributed by atoms with Gasteiger partial charge in [-0.3, -0.25) is 9.59 Å². The quantitative estimate of drug-likeness (QED) is 0.397. The summed E-state index contributed by atoms with van der Waals surface area (Å²) in [7, 11) is -2.43. The van der Waals surface area contributed by atoms with Crippen LogP contribution in [0.1, 0.15) is 93.9 Å². The molecule has 2 amide bonds. The number of fused-ring (bicyclic) bond motifs is 1. The highest BCUT2D eigenvalue weighted by Crippen LogP contribution is 2.31. The molecule has 1 fully saturated rings. The van der Waals surface area contributed by atoms with Gasteiger partial charge in [0.05, 0.1) is 30.4 Å². The number of aryl methyl sites for hydroxylation is 2. The van der Waals surface area contributed by atoms with E-state index in [-0.39, 0.29) is 65.8 Å². The van der Waals surface area contributed by atoms with Crippen molar-refractivity contribution in [3.05, 3.63) is 35.2 Å². The molecular formula is C34H52N4O8S. The van der Waals surface area contributed by atoms with Crippen LogP contribution in [0.2, 0.25) is 0 Å². The molecule has 1 aromatic carbocycles. The van der Waals surface area contributed by atoms with E-state index >= 15 is 0 Å². The van der Waals surface area contributed by atoms with E-state index < -0.39 is 22.2 Å². The van der Waals surface area contributed by atoms with Crippen LogP contribution in [0.15, 0.2) is 27.6 Å². The maximum Gasteiger partial charge on any atom is 0.258 e. The Kier molecular flexibility index (Phi) is 12.9. The summed E-state index contributed by atoms with van der Waals surface area (Å²) in [5, 5.41) is 17.1. The molecule has 2 aliphatic rings. The third kappa shape index (κ3) is 9.13. The van der Waals surface area contributed by atoms with Gasteiger partial charge in [-0.2, -0.15) is 4.31 Å². The Bertz CT molecular complexity index is 1450. The van der Waals surface area contributed by atoms with Crippen LogP contribution in [0.5, 0.6) is 5.75 Å². The van der Waals surface area contributed by atoms with E-state index in [0.717, 1.165) is 44.9 Å². The number of nitrogens with one attached hydrogen (secondary N) is 1. The Morgan fingerprint density at radius 3 is 2.49 bits per heavy atom. The molecule has 13 heteroatoms. The summed E-state index contributed by atoms with van der Waals surface area (Å²) in [6, 6.07) is 4.60. The van der Waals surface area contributed by atoms with Gasteiger partial charge in [-0.15, -0.1) is 0 Å². The number of benzene rings is 1. The third-order valence-electron chi connectivity index (χ3n) is 9.37. The van der Waals surface area contributed by atoms with Gasteiger partial charge in [-0.05, 0) is 78.0 Å². The van der Waals surface area contributed by atoms with Gasteiger partial charge < -0.3 is 29.3 Å². The molecule has 4 rings (SSSR count). The van der Waals surface area contributed by atoms with Crippen molar-refractivity contribution in [3.63, 3.8) is 0 Å². The van der Waals surface area contributed by atoms with Crippen molar-refractivity contribution in [3.8, 4) is 5.75 Å². The average molecular weight is 677 g/mol. The summed E-state index contributed by atoms with van der Waals surface area (Å²) in [6.07, 6.45) is 6.43. The smallest absolute Gasteiger partial charge is 0.258 e. The second-order valence-corrected chi connectivity index (χ2v) is 15.3. The van der Waals surface area contributed by atoms with E-state index in [2.05, 4.69) is 10.5 Å². The topological polar surface area (TPSA) is 152 Å². The molecule has 2 N–H and O–H groups in total. The Labute approximate surface area is 279 Å². The molecule has 1 aromatic heterocycles. The number of aromatic nitrogens is 1. The van der Waals surface area contributed by atoms with Crippen molar-refractivity contribution in [1.29, 1.82) is 0 Å². The van der Waals surface area contributed by atoms with E-state index in [9.17, 15) is 23.1 Å². The lowest BCUT2D eigenvalue weighted by Crippen LogP contribution is -2.48. The Morgan fingerprint density at radius 2 is 1.83 bits per heavy atom. The number of carbonyl (C=O) groups is 2. The number of carbonyl (C=O) groups excluding carboxylic acids is 2. The number of rotatable bonds is 8. The fourth-order valence-electron chi connectivity index (χ4n) is 6.42. The molecule has 0 unspecified atom stereocenters. The number of hydrogen-bond acceptors (Lipinski definition) is 9. The lowest BCUT2D eigenvalue weighted by atomic mass is 9.88. The van der Waals surface area contributed by atoms with Crippen molar-refractivity contribution in [2.75, 3.05) is 38.7 Å². The first-order valence-electron chi connectivity index (χ1n) is 16.9. The molecule has 2 heterocycles. The van der Waals surface area contributed by atoms with Gasteiger partial charge >= 0.3 is 0 Å². The average Bonchev–Trinajstić information content (AvgIpc) is 3.40. The van der Waals surface area contributed by atoms with E-state index in [0.29, 0.717) is 30.0 Å². The molecule has 2 aromatic rings. The molecule has 0 radical (unpaired) electrons.